The lowest BCUT2D eigenvalue weighted by Crippen LogP contribution is -2.48. The van der Waals surface area contributed by atoms with Gasteiger partial charge in [-0.3, -0.25) is 9.69 Å². The number of hydrogen-bond acceptors (Lipinski definition) is 5. The van der Waals surface area contributed by atoms with Crippen LogP contribution in [0.25, 0.3) is 0 Å². The lowest BCUT2D eigenvalue weighted by Gasteiger charge is -2.29. The molecule has 0 fully saturated rings. The van der Waals surface area contributed by atoms with Gasteiger partial charge in [-0.1, -0.05) is 6.08 Å². The van der Waals surface area contributed by atoms with Gasteiger partial charge < -0.3 is 14.9 Å². The molecular formula is C10H19NO4. The Bertz CT molecular complexity index is 219. The molecule has 5 nitrogen and oxygen atoms in total. The number of aliphatic hydroxyl groups is 2. The van der Waals surface area contributed by atoms with Crippen LogP contribution in [0.5, 0.6) is 0 Å². The van der Waals surface area contributed by atoms with Crippen molar-refractivity contribution in [3.63, 3.8) is 0 Å². The molecule has 0 spiro atoms. The summed E-state index contributed by atoms with van der Waals surface area (Å²) in [5.41, 5.74) is -1.41. The molecule has 0 amide bonds. The summed E-state index contributed by atoms with van der Waals surface area (Å²) in [5, 5.41) is 18.9. The number of carbonyl (C=O) groups excluding carboxylic acids is 1. The molecule has 0 aromatic carbocycles. The lowest BCUT2D eigenvalue weighted by atomic mass is 10.1. The van der Waals surface area contributed by atoms with E-state index >= 15 is 0 Å². The van der Waals surface area contributed by atoms with Gasteiger partial charge >= 0.3 is 5.97 Å². The van der Waals surface area contributed by atoms with Gasteiger partial charge in [-0.15, -0.1) is 6.58 Å². The van der Waals surface area contributed by atoms with Crippen molar-refractivity contribution in [3.8, 4) is 0 Å². The first-order valence-corrected chi connectivity index (χ1v) is 4.69. The van der Waals surface area contributed by atoms with Crippen LogP contribution in [0.1, 0.15) is 6.92 Å². The third kappa shape index (κ3) is 6.22. The Morgan fingerprint density at radius 3 is 2.67 bits per heavy atom. The fraction of sp³-hybridized carbons (Fsp3) is 0.700. The second-order valence-corrected chi connectivity index (χ2v) is 3.65. The lowest BCUT2D eigenvalue weighted by molar-refractivity contribution is -0.152. The van der Waals surface area contributed by atoms with E-state index < -0.39 is 18.2 Å². The number of nitrogens with zero attached hydrogens (tertiary/aromatic N) is 1. The molecule has 0 aliphatic carbocycles. The molecule has 1 unspecified atom stereocenters. The van der Waals surface area contributed by atoms with E-state index in [0.29, 0.717) is 6.54 Å². The van der Waals surface area contributed by atoms with Crippen LogP contribution in [-0.4, -0.2) is 60.0 Å². The smallest absolute Gasteiger partial charge is 0.302 e. The van der Waals surface area contributed by atoms with E-state index in [2.05, 4.69) is 11.3 Å². The molecule has 15 heavy (non-hydrogen) atoms. The molecule has 0 aliphatic rings. The molecule has 0 aliphatic heterocycles. The average Bonchev–Trinajstić information content (AvgIpc) is 2.15. The molecule has 0 aromatic heterocycles. The summed E-state index contributed by atoms with van der Waals surface area (Å²) in [4.78, 5) is 12.3. The summed E-state index contributed by atoms with van der Waals surface area (Å²) in [5.74, 6) is -0.478. The molecule has 0 aromatic rings. The van der Waals surface area contributed by atoms with E-state index in [9.17, 15) is 9.90 Å². The monoisotopic (exact) mass is 217 g/mol. The summed E-state index contributed by atoms with van der Waals surface area (Å²) in [6, 6.07) is 0. The van der Waals surface area contributed by atoms with Crippen LogP contribution < -0.4 is 0 Å². The maximum absolute atomic E-state index is 10.6. The van der Waals surface area contributed by atoms with Crippen LogP contribution in [0.15, 0.2) is 12.7 Å². The van der Waals surface area contributed by atoms with Crippen LogP contribution >= 0.6 is 0 Å². The zero-order chi connectivity index (χ0) is 11.9. The normalized spacial score (nSPS) is 14.7. The molecule has 1 atom stereocenters. The largest absolute Gasteiger partial charge is 0.463 e. The van der Waals surface area contributed by atoms with Gasteiger partial charge in [-0.05, 0) is 7.05 Å². The van der Waals surface area contributed by atoms with Crippen molar-refractivity contribution < 1.29 is 19.7 Å². The topological polar surface area (TPSA) is 70.0 Å². The summed E-state index contributed by atoms with van der Waals surface area (Å²) < 4.78 is 4.68. The Morgan fingerprint density at radius 2 is 2.27 bits per heavy atom. The molecule has 0 saturated carbocycles. The highest BCUT2D eigenvalue weighted by atomic mass is 16.5. The molecule has 5 heteroatoms. The Hall–Kier alpha value is -0.910. The van der Waals surface area contributed by atoms with Crippen molar-refractivity contribution in [2.45, 2.75) is 12.5 Å². The highest BCUT2D eigenvalue weighted by molar-refractivity contribution is 5.65. The second kappa shape index (κ2) is 6.55. The van der Waals surface area contributed by atoms with E-state index in [1.165, 1.54) is 6.92 Å². The highest BCUT2D eigenvalue weighted by Crippen LogP contribution is 2.06. The van der Waals surface area contributed by atoms with Crippen molar-refractivity contribution in [2.75, 3.05) is 33.4 Å². The first kappa shape index (κ1) is 14.1. The number of rotatable bonds is 7. The minimum absolute atomic E-state index is 0.208. The van der Waals surface area contributed by atoms with Gasteiger partial charge in [0, 0.05) is 20.0 Å². The van der Waals surface area contributed by atoms with E-state index in [1.807, 2.05) is 0 Å². The van der Waals surface area contributed by atoms with Crippen LogP contribution in [0, 0.1) is 0 Å². The number of hydrogen-bond donors (Lipinski definition) is 2. The van der Waals surface area contributed by atoms with Crippen molar-refractivity contribution in [1.29, 1.82) is 0 Å². The third-order valence-corrected chi connectivity index (χ3v) is 1.84. The maximum atomic E-state index is 10.6. The van der Waals surface area contributed by atoms with Crippen LogP contribution in [0.3, 0.4) is 0 Å². The summed E-state index contributed by atoms with van der Waals surface area (Å²) in [7, 11) is 1.77. The average molecular weight is 217 g/mol. The number of esters is 1. The van der Waals surface area contributed by atoms with Gasteiger partial charge in [0.2, 0.25) is 0 Å². The predicted molar refractivity (Wildman–Crippen MR) is 56.4 cm³/mol. The maximum Gasteiger partial charge on any atom is 0.302 e. The van der Waals surface area contributed by atoms with Crippen LogP contribution in [0.2, 0.25) is 0 Å². The zero-order valence-electron chi connectivity index (χ0n) is 9.27. The van der Waals surface area contributed by atoms with Gasteiger partial charge in [-0.2, -0.15) is 0 Å². The van der Waals surface area contributed by atoms with Crippen molar-refractivity contribution in [2.24, 2.45) is 0 Å². The molecule has 0 saturated heterocycles. The van der Waals surface area contributed by atoms with Gasteiger partial charge in [0.15, 0.2) is 0 Å². The SMILES string of the molecule is C=CCN(C)CC(O)(CO)COC(C)=O. The van der Waals surface area contributed by atoms with Gasteiger partial charge in [-0.25, -0.2) is 0 Å². The second-order valence-electron chi connectivity index (χ2n) is 3.65. The highest BCUT2D eigenvalue weighted by Gasteiger charge is 2.29. The summed E-state index contributed by atoms with van der Waals surface area (Å²) >= 11 is 0. The van der Waals surface area contributed by atoms with Crippen molar-refractivity contribution >= 4 is 5.97 Å². The molecule has 88 valence electrons. The molecule has 0 bridgehead atoms. The van der Waals surface area contributed by atoms with E-state index in [1.54, 1.807) is 18.0 Å². The summed E-state index contributed by atoms with van der Waals surface area (Å²) in [6.45, 7) is 4.95. The number of aliphatic hydroxyl groups excluding tert-OH is 1. The fourth-order valence-electron chi connectivity index (χ4n) is 1.16. The number of likely N-dealkylation sites (N-methyl/N-ethyl adjacent to an activating group) is 1. The minimum atomic E-state index is -1.41. The predicted octanol–water partition coefficient (Wildman–Crippen LogP) is -0.609. The molecular weight excluding hydrogens is 198 g/mol. The first-order valence-electron chi connectivity index (χ1n) is 4.69. The van der Waals surface area contributed by atoms with E-state index in [0.717, 1.165) is 0 Å². The summed E-state index contributed by atoms with van der Waals surface area (Å²) in [6.07, 6.45) is 1.68. The van der Waals surface area contributed by atoms with E-state index in [-0.39, 0.29) is 13.2 Å². The molecule has 2 N–H and O–H groups in total. The standard InChI is InChI=1S/C10H19NO4/c1-4-5-11(3)6-10(14,7-12)8-15-9(2)13/h4,12,14H,1,5-8H2,2-3H3. The Morgan fingerprint density at radius 1 is 1.67 bits per heavy atom. The molecule has 0 heterocycles. The van der Waals surface area contributed by atoms with E-state index in [4.69, 9.17) is 5.11 Å². The molecule has 0 rings (SSSR count). The Kier molecular flexibility index (Phi) is 6.15. The quantitative estimate of drug-likeness (QED) is 0.440. The minimum Gasteiger partial charge on any atom is -0.463 e. The van der Waals surface area contributed by atoms with Crippen molar-refractivity contribution in [1.82, 2.24) is 4.90 Å². The van der Waals surface area contributed by atoms with Crippen LogP contribution in [0.4, 0.5) is 0 Å². The van der Waals surface area contributed by atoms with Crippen molar-refractivity contribution in [3.05, 3.63) is 12.7 Å². The fourth-order valence-corrected chi connectivity index (χ4v) is 1.16. The number of carbonyl (C=O) groups is 1. The van der Waals surface area contributed by atoms with Gasteiger partial charge in [0.25, 0.3) is 0 Å². The van der Waals surface area contributed by atoms with Gasteiger partial charge in [0.05, 0.1) is 6.61 Å². The Labute approximate surface area is 90.0 Å². The molecule has 0 radical (unpaired) electrons. The number of ether oxygens (including phenoxy) is 1. The Balaban J connectivity index is 4.16. The van der Waals surface area contributed by atoms with Gasteiger partial charge in [0.1, 0.15) is 12.2 Å². The third-order valence-electron chi connectivity index (χ3n) is 1.84. The first-order chi connectivity index (χ1) is 6.93. The van der Waals surface area contributed by atoms with Crippen LogP contribution in [-0.2, 0) is 9.53 Å². The zero-order valence-corrected chi connectivity index (χ0v) is 9.27.